The van der Waals surface area contributed by atoms with Crippen LogP contribution in [0.3, 0.4) is 0 Å². The van der Waals surface area contributed by atoms with E-state index in [1.165, 1.54) is 12.1 Å². The van der Waals surface area contributed by atoms with E-state index < -0.39 is 21.8 Å². The summed E-state index contributed by atoms with van der Waals surface area (Å²) in [6.45, 7) is 2.43. The molecule has 0 saturated carbocycles. The number of nitrogens with two attached hydrogens (primary N) is 1. The molecule has 1 aromatic heterocycles. The number of rotatable bonds is 14. The summed E-state index contributed by atoms with van der Waals surface area (Å²) in [5.41, 5.74) is 9.68. The zero-order chi connectivity index (χ0) is 33.4. The van der Waals surface area contributed by atoms with Crippen LogP contribution in [-0.4, -0.2) is 37.0 Å². The molecule has 4 aromatic carbocycles. The van der Waals surface area contributed by atoms with Crippen molar-refractivity contribution in [3.8, 4) is 5.75 Å². The molecule has 0 bridgehead atoms. The lowest BCUT2D eigenvalue weighted by atomic mass is 9.96. The SMILES string of the molecule is Cc1cc(S(=O)(=O)c2ccc(CCNC(Cc3ccccc3)[C@H](O)c3ccc(Cl)nc3)cc2)cc(C(N)=O)c1OCc1ccccc1. The van der Waals surface area contributed by atoms with Gasteiger partial charge in [0.15, 0.2) is 0 Å². The van der Waals surface area contributed by atoms with Crippen LogP contribution in [-0.2, 0) is 29.3 Å². The molecule has 2 atom stereocenters. The molecule has 0 radical (unpaired) electrons. The highest BCUT2D eigenvalue weighted by Crippen LogP contribution is 2.31. The minimum Gasteiger partial charge on any atom is -0.488 e. The molecular weight excluding hydrogens is 634 g/mol. The topological polar surface area (TPSA) is 132 Å². The number of aryl methyl sites for hydroxylation is 1. The molecule has 10 heteroatoms. The highest BCUT2D eigenvalue weighted by molar-refractivity contribution is 7.91. The zero-order valence-electron chi connectivity index (χ0n) is 25.8. The number of hydrogen-bond donors (Lipinski definition) is 3. The number of halogens is 1. The fourth-order valence-corrected chi connectivity index (χ4v) is 6.81. The second-order valence-corrected chi connectivity index (χ2v) is 13.6. The van der Waals surface area contributed by atoms with Crippen molar-refractivity contribution in [1.29, 1.82) is 0 Å². The summed E-state index contributed by atoms with van der Waals surface area (Å²) in [6, 6.07) is 31.9. The Bertz CT molecular complexity index is 1900. The monoisotopic (exact) mass is 669 g/mol. The van der Waals surface area contributed by atoms with Gasteiger partial charge in [0.25, 0.3) is 5.91 Å². The van der Waals surface area contributed by atoms with Crippen molar-refractivity contribution in [3.05, 3.63) is 154 Å². The maximum absolute atomic E-state index is 13.6. The van der Waals surface area contributed by atoms with E-state index in [0.29, 0.717) is 35.7 Å². The Kier molecular flexibility index (Phi) is 11.1. The Labute approximate surface area is 280 Å². The van der Waals surface area contributed by atoms with Crippen molar-refractivity contribution in [2.75, 3.05) is 6.54 Å². The van der Waals surface area contributed by atoms with Crippen LogP contribution in [0.1, 0.15) is 44.3 Å². The second kappa shape index (κ2) is 15.4. The number of sulfone groups is 1. The summed E-state index contributed by atoms with van der Waals surface area (Å²) in [5.74, 6) is -0.523. The molecule has 5 aromatic rings. The van der Waals surface area contributed by atoms with Gasteiger partial charge < -0.3 is 20.9 Å². The highest BCUT2D eigenvalue weighted by Gasteiger charge is 2.24. The van der Waals surface area contributed by atoms with Crippen LogP contribution in [0, 0.1) is 6.92 Å². The number of aliphatic hydroxyl groups is 1. The van der Waals surface area contributed by atoms with Gasteiger partial charge in [0, 0.05) is 17.8 Å². The molecule has 0 fully saturated rings. The van der Waals surface area contributed by atoms with E-state index in [1.54, 1.807) is 49.5 Å². The largest absolute Gasteiger partial charge is 0.488 e. The zero-order valence-corrected chi connectivity index (χ0v) is 27.4. The van der Waals surface area contributed by atoms with Gasteiger partial charge in [-0.3, -0.25) is 4.79 Å². The first-order valence-corrected chi connectivity index (χ1v) is 17.0. The van der Waals surface area contributed by atoms with Gasteiger partial charge in [-0.15, -0.1) is 0 Å². The van der Waals surface area contributed by atoms with Crippen LogP contribution in [0.15, 0.2) is 125 Å². The maximum atomic E-state index is 13.6. The average Bonchev–Trinajstić information content (AvgIpc) is 3.08. The third-order valence-electron chi connectivity index (χ3n) is 7.88. The molecule has 1 unspecified atom stereocenters. The van der Waals surface area contributed by atoms with Crippen molar-refractivity contribution < 1.29 is 23.1 Å². The molecule has 1 heterocycles. The number of hydrogen-bond acceptors (Lipinski definition) is 7. The lowest BCUT2D eigenvalue weighted by Crippen LogP contribution is -2.38. The Morgan fingerprint density at radius 1 is 0.894 bits per heavy atom. The van der Waals surface area contributed by atoms with Gasteiger partial charge in [-0.1, -0.05) is 90.5 Å². The van der Waals surface area contributed by atoms with Crippen LogP contribution >= 0.6 is 11.6 Å². The molecule has 47 heavy (non-hydrogen) atoms. The van der Waals surface area contributed by atoms with Gasteiger partial charge in [-0.05, 0) is 78.9 Å². The number of carbonyl (C=O) groups is 1. The maximum Gasteiger partial charge on any atom is 0.252 e. The molecule has 4 N–H and O–H groups in total. The predicted molar refractivity (Wildman–Crippen MR) is 182 cm³/mol. The molecule has 8 nitrogen and oxygen atoms in total. The van der Waals surface area contributed by atoms with Gasteiger partial charge in [-0.25, -0.2) is 13.4 Å². The summed E-state index contributed by atoms with van der Waals surface area (Å²) >= 11 is 5.94. The first-order chi connectivity index (χ1) is 22.6. The number of aromatic nitrogens is 1. The Balaban J connectivity index is 1.28. The molecule has 0 aliphatic rings. The van der Waals surface area contributed by atoms with Crippen LogP contribution < -0.4 is 15.8 Å². The summed E-state index contributed by atoms with van der Waals surface area (Å²) in [5, 5.41) is 15.0. The normalized spacial score (nSPS) is 12.7. The number of amides is 1. The second-order valence-electron chi connectivity index (χ2n) is 11.3. The molecule has 0 saturated heterocycles. The number of primary amides is 1. The minimum atomic E-state index is -3.96. The molecule has 1 amide bonds. The van der Waals surface area contributed by atoms with Gasteiger partial charge in [0.1, 0.15) is 17.5 Å². The third kappa shape index (κ3) is 8.64. The number of nitrogens with one attached hydrogen (secondary N) is 1. The summed E-state index contributed by atoms with van der Waals surface area (Å²) in [4.78, 5) is 16.5. The van der Waals surface area contributed by atoms with E-state index in [1.807, 2.05) is 60.7 Å². The van der Waals surface area contributed by atoms with Gasteiger partial charge >= 0.3 is 0 Å². The highest BCUT2D eigenvalue weighted by atomic mass is 35.5. The van der Waals surface area contributed by atoms with Crippen molar-refractivity contribution in [2.24, 2.45) is 5.73 Å². The fraction of sp³-hybridized carbons (Fsp3) is 0.189. The lowest BCUT2D eigenvalue weighted by molar-refractivity contribution is 0.0995. The van der Waals surface area contributed by atoms with E-state index in [4.69, 9.17) is 22.1 Å². The number of pyridine rings is 1. The Morgan fingerprint density at radius 3 is 2.17 bits per heavy atom. The van der Waals surface area contributed by atoms with E-state index in [9.17, 15) is 18.3 Å². The molecule has 0 spiro atoms. The first-order valence-electron chi connectivity index (χ1n) is 15.1. The van der Waals surface area contributed by atoms with E-state index >= 15 is 0 Å². The smallest absolute Gasteiger partial charge is 0.252 e. The van der Waals surface area contributed by atoms with Crippen LogP contribution in [0.4, 0.5) is 0 Å². The first kappa shape index (κ1) is 33.8. The van der Waals surface area contributed by atoms with Crippen molar-refractivity contribution in [1.82, 2.24) is 10.3 Å². The predicted octanol–water partition coefficient (Wildman–Crippen LogP) is 6.03. The number of benzene rings is 4. The van der Waals surface area contributed by atoms with E-state index in [2.05, 4.69) is 10.3 Å². The quantitative estimate of drug-likeness (QED) is 0.123. The number of nitrogens with zero attached hydrogens (tertiary/aromatic N) is 1. The van der Waals surface area contributed by atoms with Crippen LogP contribution in [0.5, 0.6) is 5.75 Å². The lowest BCUT2D eigenvalue weighted by Gasteiger charge is -2.25. The number of aliphatic hydroxyl groups excluding tert-OH is 1. The number of ether oxygens (including phenoxy) is 1. The molecule has 0 aliphatic heterocycles. The van der Waals surface area contributed by atoms with Crippen molar-refractivity contribution >= 4 is 27.3 Å². The summed E-state index contributed by atoms with van der Waals surface area (Å²) in [7, 11) is -3.96. The molecule has 0 aliphatic carbocycles. The van der Waals surface area contributed by atoms with Crippen molar-refractivity contribution in [3.63, 3.8) is 0 Å². The van der Waals surface area contributed by atoms with Crippen LogP contribution in [0.25, 0.3) is 0 Å². The Hall–Kier alpha value is -4.54. The summed E-state index contributed by atoms with van der Waals surface area (Å²) in [6.07, 6.45) is 1.93. The molecule has 5 rings (SSSR count). The summed E-state index contributed by atoms with van der Waals surface area (Å²) < 4.78 is 33.2. The van der Waals surface area contributed by atoms with Crippen molar-refractivity contribution in [2.45, 2.75) is 48.3 Å². The standard InChI is InChI=1S/C37H36ClN3O5S/c1-25-20-31(22-32(37(39)43)36(25)46-24-28-10-6-3-7-11-28)47(44,45)30-15-12-26(13-16-30)18-19-40-33(21-27-8-4-2-5-9-27)35(42)29-14-17-34(38)41-23-29/h2-17,20,22-23,33,35,40,42H,18-19,21,24H2,1H3,(H2,39,43)/t33?,35-/m1/s1. The van der Waals surface area contributed by atoms with E-state index in [-0.39, 0.29) is 33.8 Å². The van der Waals surface area contributed by atoms with Gasteiger partial charge in [0.05, 0.1) is 21.5 Å². The molecular formula is C37H36ClN3O5S. The van der Waals surface area contributed by atoms with E-state index in [0.717, 1.165) is 16.7 Å². The van der Waals surface area contributed by atoms with Gasteiger partial charge in [0.2, 0.25) is 9.84 Å². The third-order valence-corrected chi connectivity index (χ3v) is 9.85. The molecule has 242 valence electrons. The van der Waals surface area contributed by atoms with Crippen LogP contribution in [0.2, 0.25) is 5.15 Å². The number of carbonyl (C=O) groups excluding carboxylic acids is 1. The minimum absolute atomic E-state index is 0.00354. The average molecular weight is 670 g/mol. The van der Waals surface area contributed by atoms with Gasteiger partial charge in [-0.2, -0.15) is 0 Å². The Morgan fingerprint density at radius 2 is 1.55 bits per heavy atom. The fourth-order valence-electron chi connectivity index (χ4n) is 5.33.